The lowest BCUT2D eigenvalue weighted by atomic mass is 10.1. The van der Waals surface area contributed by atoms with E-state index < -0.39 is 5.97 Å². The third-order valence-electron chi connectivity index (χ3n) is 4.27. The number of rotatable bonds is 5. The molecule has 0 unspecified atom stereocenters. The maximum Gasteiger partial charge on any atom is 0.337 e. The van der Waals surface area contributed by atoms with Crippen LogP contribution < -0.4 is 10.2 Å². The Bertz CT molecular complexity index is 750. The topological polar surface area (TPSA) is 67.9 Å². The summed E-state index contributed by atoms with van der Waals surface area (Å²) in [6, 6.07) is 14.7. The van der Waals surface area contributed by atoms with Crippen LogP contribution in [0.3, 0.4) is 0 Å². The van der Waals surface area contributed by atoms with E-state index in [-0.39, 0.29) is 5.91 Å². The standard InChI is InChI=1S/C20H22N2O4/c1-25-20(24)16-4-6-17(7-5-16)21-19(23)14-15-2-8-18(9-3-15)22-10-12-26-13-11-22/h2-9H,10-14H2,1H3,(H,21,23). The van der Waals surface area contributed by atoms with E-state index in [2.05, 4.69) is 15.0 Å². The van der Waals surface area contributed by atoms with Crippen LogP contribution in [0.4, 0.5) is 11.4 Å². The van der Waals surface area contributed by atoms with Crippen molar-refractivity contribution in [3.8, 4) is 0 Å². The Morgan fingerprint density at radius 2 is 1.69 bits per heavy atom. The molecule has 1 aliphatic rings. The SMILES string of the molecule is COC(=O)c1ccc(NC(=O)Cc2ccc(N3CCOCC3)cc2)cc1. The van der Waals surface area contributed by atoms with E-state index in [1.807, 2.05) is 24.3 Å². The average molecular weight is 354 g/mol. The molecule has 0 atom stereocenters. The highest BCUT2D eigenvalue weighted by molar-refractivity contribution is 5.94. The van der Waals surface area contributed by atoms with Crippen molar-refractivity contribution in [2.75, 3.05) is 43.6 Å². The molecule has 0 aromatic heterocycles. The summed E-state index contributed by atoms with van der Waals surface area (Å²) >= 11 is 0. The molecule has 1 fully saturated rings. The minimum atomic E-state index is -0.400. The van der Waals surface area contributed by atoms with Gasteiger partial charge in [-0.3, -0.25) is 4.79 Å². The van der Waals surface area contributed by atoms with E-state index in [1.54, 1.807) is 24.3 Å². The minimum Gasteiger partial charge on any atom is -0.465 e. The molecule has 1 aliphatic heterocycles. The lowest BCUT2D eigenvalue weighted by Crippen LogP contribution is -2.36. The second-order valence-electron chi connectivity index (χ2n) is 6.06. The van der Waals surface area contributed by atoms with Crippen molar-refractivity contribution in [1.82, 2.24) is 0 Å². The molecule has 2 aromatic rings. The Labute approximate surface area is 152 Å². The van der Waals surface area contributed by atoms with E-state index in [1.165, 1.54) is 7.11 Å². The summed E-state index contributed by atoms with van der Waals surface area (Å²) in [7, 11) is 1.34. The predicted octanol–water partition coefficient (Wildman–Crippen LogP) is 2.49. The summed E-state index contributed by atoms with van der Waals surface area (Å²) in [5, 5.41) is 2.83. The van der Waals surface area contributed by atoms with Gasteiger partial charge in [-0.1, -0.05) is 12.1 Å². The number of methoxy groups -OCH3 is 1. The monoisotopic (exact) mass is 354 g/mol. The van der Waals surface area contributed by atoms with Gasteiger partial charge < -0.3 is 19.7 Å². The molecule has 3 rings (SSSR count). The van der Waals surface area contributed by atoms with Gasteiger partial charge in [0.2, 0.25) is 5.91 Å². The molecule has 2 aromatic carbocycles. The number of carbonyl (C=O) groups excluding carboxylic acids is 2. The van der Waals surface area contributed by atoms with E-state index in [9.17, 15) is 9.59 Å². The van der Waals surface area contributed by atoms with Crippen LogP contribution >= 0.6 is 0 Å². The lowest BCUT2D eigenvalue weighted by molar-refractivity contribution is -0.115. The lowest BCUT2D eigenvalue weighted by Gasteiger charge is -2.28. The smallest absolute Gasteiger partial charge is 0.337 e. The second-order valence-corrected chi connectivity index (χ2v) is 6.06. The Morgan fingerprint density at radius 3 is 2.31 bits per heavy atom. The molecule has 1 heterocycles. The van der Waals surface area contributed by atoms with E-state index in [0.717, 1.165) is 37.6 Å². The molecule has 6 heteroatoms. The van der Waals surface area contributed by atoms with Gasteiger partial charge in [0.15, 0.2) is 0 Å². The Balaban J connectivity index is 1.55. The van der Waals surface area contributed by atoms with Crippen molar-refractivity contribution < 1.29 is 19.1 Å². The zero-order valence-corrected chi connectivity index (χ0v) is 14.7. The van der Waals surface area contributed by atoms with Crippen molar-refractivity contribution in [2.45, 2.75) is 6.42 Å². The second kappa shape index (κ2) is 8.49. The summed E-state index contributed by atoms with van der Waals surface area (Å²) in [4.78, 5) is 25.9. The highest BCUT2D eigenvalue weighted by Crippen LogP contribution is 2.17. The average Bonchev–Trinajstić information content (AvgIpc) is 2.69. The van der Waals surface area contributed by atoms with Gasteiger partial charge in [-0.2, -0.15) is 0 Å². The summed E-state index contributed by atoms with van der Waals surface area (Å²) < 4.78 is 10.0. The van der Waals surface area contributed by atoms with Crippen LogP contribution in [0.25, 0.3) is 0 Å². The van der Waals surface area contributed by atoms with Crippen LogP contribution in [0.5, 0.6) is 0 Å². The molecule has 0 saturated carbocycles. The highest BCUT2D eigenvalue weighted by Gasteiger charge is 2.11. The summed E-state index contributed by atoms with van der Waals surface area (Å²) in [6.45, 7) is 3.28. The van der Waals surface area contributed by atoms with Gasteiger partial charge in [0.1, 0.15) is 0 Å². The predicted molar refractivity (Wildman–Crippen MR) is 99.6 cm³/mol. The fourth-order valence-corrected chi connectivity index (χ4v) is 2.84. The largest absolute Gasteiger partial charge is 0.465 e. The van der Waals surface area contributed by atoms with Crippen molar-refractivity contribution in [2.24, 2.45) is 0 Å². The van der Waals surface area contributed by atoms with Crippen molar-refractivity contribution in [1.29, 1.82) is 0 Å². The first-order valence-corrected chi connectivity index (χ1v) is 8.55. The number of benzene rings is 2. The third kappa shape index (κ3) is 4.61. The quantitative estimate of drug-likeness (QED) is 0.836. The van der Waals surface area contributed by atoms with E-state index in [4.69, 9.17) is 4.74 Å². The zero-order valence-electron chi connectivity index (χ0n) is 14.7. The van der Waals surface area contributed by atoms with Crippen molar-refractivity contribution in [3.05, 3.63) is 59.7 Å². The first-order chi connectivity index (χ1) is 12.7. The van der Waals surface area contributed by atoms with Crippen LogP contribution in [0.15, 0.2) is 48.5 Å². The van der Waals surface area contributed by atoms with Gasteiger partial charge in [0, 0.05) is 24.5 Å². The third-order valence-corrected chi connectivity index (χ3v) is 4.27. The van der Waals surface area contributed by atoms with Gasteiger partial charge in [-0.25, -0.2) is 4.79 Å². The zero-order chi connectivity index (χ0) is 18.4. The number of morpholine rings is 1. The summed E-state index contributed by atoms with van der Waals surface area (Å²) in [5.41, 5.74) is 3.19. The first-order valence-electron chi connectivity index (χ1n) is 8.55. The van der Waals surface area contributed by atoms with Gasteiger partial charge in [-0.15, -0.1) is 0 Å². The van der Waals surface area contributed by atoms with Crippen molar-refractivity contribution >= 4 is 23.3 Å². The van der Waals surface area contributed by atoms with Gasteiger partial charge >= 0.3 is 5.97 Å². The highest BCUT2D eigenvalue weighted by atomic mass is 16.5. The Hall–Kier alpha value is -2.86. The number of amides is 1. The molecule has 136 valence electrons. The van der Waals surface area contributed by atoms with Crippen LogP contribution in [-0.4, -0.2) is 45.3 Å². The molecule has 0 aliphatic carbocycles. The summed E-state index contributed by atoms with van der Waals surface area (Å²) in [6.07, 6.45) is 0.294. The molecular weight excluding hydrogens is 332 g/mol. The molecular formula is C20H22N2O4. The number of hydrogen-bond donors (Lipinski definition) is 1. The van der Waals surface area contributed by atoms with Crippen LogP contribution in [-0.2, 0) is 20.7 Å². The Morgan fingerprint density at radius 1 is 1.04 bits per heavy atom. The van der Waals surface area contributed by atoms with Crippen LogP contribution in [0, 0.1) is 0 Å². The number of anilines is 2. The summed E-state index contributed by atoms with van der Waals surface area (Å²) in [5.74, 6) is -0.502. The Kier molecular flexibility index (Phi) is 5.86. The number of ether oxygens (including phenoxy) is 2. The number of nitrogens with zero attached hydrogens (tertiary/aromatic N) is 1. The molecule has 1 saturated heterocycles. The molecule has 1 amide bonds. The number of esters is 1. The molecule has 26 heavy (non-hydrogen) atoms. The maximum atomic E-state index is 12.2. The van der Waals surface area contributed by atoms with Gasteiger partial charge in [0.05, 0.1) is 32.3 Å². The van der Waals surface area contributed by atoms with Crippen LogP contribution in [0.1, 0.15) is 15.9 Å². The van der Waals surface area contributed by atoms with Crippen molar-refractivity contribution in [3.63, 3.8) is 0 Å². The minimum absolute atomic E-state index is 0.102. The molecule has 1 N–H and O–H groups in total. The normalized spacial score (nSPS) is 14.0. The molecule has 0 radical (unpaired) electrons. The maximum absolute atomic E-state index is 12.2. The molecule has 0 bridgehead atoms. The number of hydrogen-bond acceptors (Lipinski definition) is 5. The van der Waals surface area contributed by atoms with E-state index in [0.29, 0.717) is 17.7 Å². The molecule has 0 spiro atoms. The van der Waals surface area contributed by atoms with E-state index >= 15 is 0 Å². The van der Waals surface area contributed by atoms with Gasteiger partial charge in [0.25, 0.3) is 0 Å². The number of carbonyl (C=O) groups is 2. The first kappa shape index (κ1) is 17.9. The number of nitrogens with one attached hydrogen (secondary N) is 1. The van der Waals surface area contributed by atoms with Gasteiger partial charge in [-0.05, 0) is 42.0 Å². The van der Waals surface area contributed by atoms with Crippen LogP contribution in [0.2, 0.25) is 0 Å². The molecule has 6 nitrogen and oxygen atoms in total. The fourth-order valence-electron chi connectivity index (χ4n) is 2.84. The fraction of sp³-hybridized carbons (Fsp3) is 0.300.